The maximum Gasteiger partial charge on any atom is 0.0955 e. The van der Waals surface area contributed by atoms with Gasteiger partial charge in [0.05, 0.1) is 6.17 Å². The molecule has 0 rings (SSSR count). The van der Waals surface area contributed by atoms with Gasteiger partial charge in [-0.05, 0) is 6.42 Å². The van der Waals surface area contributed by atoms with E-state index in [0.29, 0.717) is 6.17 Å². The highest BCUT2D eigenvalue weighted by Gasteiger charge is 1.95. The third-order valence-corrected chi connectivity index (χ3v) is 2.47. The zero-order valence-electron chi connectivity index (χ0n) is 9.43. The molecular formula is C12H26N2. The highest BCUT2D eigenvalue weighted by atomic mass is 14.8. The second-order valence-electron chi connectivity index (χ2n) is 4.01. The van der Waals surface area contributed by atoms with Gasteiger partial charge in [-0.2, -0.15) is 0 Å². The number of unbranched alkanes of at least 4 members (excludes halogenated alkanes) is 8. The van der Waals surface area contributed by atoms with E-state index in [-0.39, 0.29) is 0 Å². The minimum atomic E-state index is 0.584. The Morgan fingerprint density at radius 2 is 1.14 bits per heavy atom. The van der Waals surface area contributed by atoms with Crippen LogP contribution in [-0.4, -0.2) is 0 Å². The summed E-state index contributed by atoms with van der Waals surface area (Å²) in [7, 11) is 0. The van der Waals surface area contributed by atoms with Crippen LogP contribution in [0.15, 0.2) is 0 Å². The lowest BCUT2D eigenvalue weighted by Gasteiger charge is -2.03. The maximum atomic E-state index is 5.38. The van der Waals surface area contributed by atoms with Crippen molar-refractivity contribution in [2.45, 2.75) is 64.2 Å². The van der Waals surface area contributed by atoms with Crippen LogP contribution in [0, 0.1) is 13.1 Å². The van der Waals surface area contributed by atoms with E-state index in [1.54, 1.807) is 0 Å². The molecule has 0 aliphatic heterocycles. The van der Waals surface area contributed by atoms with Gasteiger partial charge < -0.3 is 11.5 Å². The second-order valence-corrected chi connectivity index (χ2v) is 4.01. The molecule has 84 valence electrons. The number of hydrogen-bond donors (Lipinski definition) is 2. The quantitative estimate of drug-likeness (QED) is 0.530. The molecule has 0 aromatic carbocycles. The third-order valence-electron chi connectivity index (χ3n) is 2.47. The molecule has 0 fully saturated rings. The molecule has 0 aliphatic carbocycles. The highest BCUT2D eigenvalue weighted by molar-refractivity contribution is 4.71. The van der Waals surface area contributed by atoms with E-state index >= 15 is 0 Å². The van der Waals surface area contributed by atoms with Gasteiger partial charge in [0, 0.05) is 0 Å². The van der Waals surface area contributed by atoms with Crippen LogP contribution in [0.1, 0.15) is 64.2 Å². The molecule has 4 N–H and O–H groups in total. The minimum absolute atomic E-state index is 0.584. The Hall–Kier alpha value is -0.0800. The first-order chi connectivity index (χ1) is 6.77. The zero-order valence-corrected chi connectivity index (χ0v) is 9.43. The van der Waals surface area contributed by atoms with Gasteiger partial charge >= 0.3 is 0 Å². The molecule has 2 radical (unpaired) electrons. The minimum Gasteiger partial charge on any atom is -0.311 e. The summed E-state index contributed by atoms with van der Waals surface area (Å²) in [6.07, 6.45) is 13.1. The van der Waals surface area contributed by atoms with Crippen LogP contribution in [0.3, 0.4) is 0 Å². The largest absolute Gasteiger partial charge is 0.311 e. The van der Waals surface area contributed by atoms with Crippen LogP contribution in [0.25, 0.3) is 0 Å². The summed E-state index contributed by atoms with van der Waals surface area (Å²) in [5.41, 5.74) is 10.8. The van der Waals surface area contributed by atoms with Crippen LogP contribution in [-0.2, 0) is 0 Å². The SMILES string of the molecule is [CH2]CCCCCCCCCC[C](N)N. The van der Waals surface area contributed by atoms with Gasteiger partial charge in [0.1, 0.15) is 0 Å². The van der Waals surface area contributed by atoms with Crippen LogP contribution >= 0.6 is 0 Å². The predicted octanol–water partition coefficient (Wildman–Crippen LogP) is 3.13. The summed E-state index contributed by atoms with van der Waals surface area (Å²) in [4.78, 5) is 0. The molecule has 0 heterocycles. The van der Waals surface area contributed by atoms with Gasteiger partial charge in [-0.1, -0.05) is 64.7 Å². The first-order valence-corrected chi connectivity index (χ1v) is 5.93. The van der Waals surface area contributed by atoms with Crippen molar-refractivity contribution in [1.82, 2.24) is 0 Å². The smallest absolute Gasteiger partial charge is 0.0955 e. The van der Waals surface area contributed by atoms with E-state index in [1.165, 1.54) is 44.9 Å². The van der Waals surface area contributed by atoms with Crippen LogP contribution in [0.4, 0.5) is 0 Å². The molecule has 0 saturated carbocycles. The fourth-order valence-corrected chi connectivity index (χ4v) is 1.57. The molecule has 0 aliphatic rings. The molecule has 0 aromatic heterocycles. The Morgan fingerprint density at radius 3 is 1.57 bits per heavy atom. The van der Waals surface area contributed by atoms with E-state index in [9.17, 15) is 0 Å². The highest BCUT2D eigenvalue weighted by Crippen LogP contribution is 2.10. The van der Waals surface area contributed by atoms with E-state index in [0.717, 1.165) is 19.3 Å². The average Bonchev–Trinajstić information content (AvgIpc) is 2.15. The zero-order chi connectivity index (χ0) is 10.6. The van der Waals surface area contributed by atoms with Crippen molar-refractivity contribution in [2.75, 3.05) is 0 Å². The Balaban J connectivity index is 2.85. The van der Waals surface area contributed by atoms with Crippen molar-refractivity contribution in [2.24, 2.45) is 11.5 Å². The monoisotopic (exact) mass is 198 g/mol. The summed E-state index contributed by atoms with van der Waals surface area (Å²) >= 11 is 0. The average molecular weight is 198 g/mol. The molecule has 0 amide bonds. The molecule has 0 aromatic rings. The molecule has 14 heavy (non-hydrogen) atoms. The Labute approximate surface area is 89.4 Å². The first kappa shape index (κ1) is 13.9. The van der Waals surface area contributed by atoms with Crippen molar-refractivity contribution in [1.29, 1.82) is 0 Å². The molecule has 2 nitrogen and oxygen atoms in total. The van der Waals surface area contributed by atoms with Crippen molar-refractivity contribution in [3.63, 3.8) is 0 Å². The summed E-state index contributed by atoms with van der Waals surface area (Å²) in [5.74, 6) is 0. The van der Waals surface area contributed by atoms with Crippen LogP contribution < -0.4 is 11.5 Å². The van der Waals surface area contributed by atoms with Gasteiger partial charge in [0.25, 0.3) is 0 Å². The molecule has 0 unspecified atom stereocenters. The predicted molar refractivity (Wildman–Crippen MR) is 63.1 cm³/mol. The van der Waals surface area contributed by atoms with Gasteiger partial charge in [0.2, 0.25) is 0 Å². The fourth-order valence-electron chi connectivity index (χ4n) is 1.57. The van der Waals surface area contributed by atoms with Crippen molar-refractivity contribution >= 4 is 0 Å². The summed E-state index contributed by atoms with van der Waals surface area (Å²) in [6, 6.07) is 0. The van der Waals surface area contributed by atoms with E-state index in [1.807, 2.05) is 0 Å². The van der Waals surface area contributed by atoms with Crippen LogP contribution in [0.2, 0.25) is 0 Å². The van der Waals surface area contributed by atoms with E-state index in [4.69, 9.17) is 11.5 Å². The second kappa shape index (κ2) is 11.0. The van der Waals surface area contributed by atoms with Gasteiger partial charge in [-0.25, -0.2) is 0 Å². The van der Waals surface area contributed by atoms with Crippen molar-refractivity contribution in [3.05, 3.63) is 13.1 Å². The number of rotatable bonds is 10. The van der Waals surface area contributed by atoms with Crippen LogP contribution in [0.5, 0.6) is 0 Å². The molecular weight excluding hydrogens is 172 g/mol. The lowest BCUT2D eigenvalue weighted by atomic mass is 10.1. The number of nitrogens with two attached hydrogens (primary N) is 2. The molecule has 2 heteroatoms. The summed E-state index contributed by atoms with van der Waals surface area (Å²) < 4.78 is 0. The maximum absolute atomic E-state index is 5.38. The van der Waals surface area contributed by atoms with Gasteiger partial charge in [-0.3, -0.25) is 0 Å². The summed E-state index contributed by atoms with van der Waals surface area (Å²) in [6.45, 7) is 3.83. The van der Waals surface area contributed by atoms with Crippen molar-refractivity contribution in [3.8, 4) is 0 Å². The Kier molecular flexibility index (Phi) is 10.9. The van der Waals surface area contributed by atoms with Gasteiger partial charge in [0.15, 0.2) is 0 Å². The lowest BCUT2D eigenvalue weighted by Crippen LogP contribution is -2.19. The first-order valence-electron chi connectivity index (χ1n) is 5.93. The molecule has 0 saturated heterocycles. The molecule has 0 atom stereocenters. The number of hydrogen-bond acceptors (Lipinski definition) is 2. The fraction of sp³-hybridized carbons (Fsp3) is 0.833. The van der Waals surface area contributed by atoms with E-state index in [2.05, 4.69) is 6.92 Å². The Bertz CT molecular complexity index is 102. The molecule has 0 bridgehead atoms. The summed E-state index contributed by atoms with van der Waals surface area (Å²) in [5, 5.41) is 0. The normalized spacial score (nSPS) is 11.1. The van der Waals surface area contributed by atoms with Crippen molar-refractivity contribution < 1.29 is 0 Å². The Morgan fingerprint density at radius 1 is 0.714 bits per heavy atom. The lowest BCUT2D eigenvalue weighted by molar-refractivity contribution is 0.559. The standard InChI is InChI=1S/C12H26N2/c1-2-3-4-5-6-7-8-9-10-11-12(13)14/h1-11,13-14H2. The molecule has 0 spiro atoms. The topological polar surface area (TPSA) is 52.0 Å². The van der Waals surface area contributed by atoms with Gasteiger partial charge in [-0.15, -0.1) is 0 Å². The third kappa shape index (κ3) is 11.9. The van der Waals surface area contributed by atoms with E-state index < -0.39 is 0 Å².